The van der Waals surface area contributed by atoms with Gasteiger partial charge in [-0.25, -0.2) is 4.79 Å². The normalized spacial score (nSPS) is 12.2. The zero-order valence-corrected chi connectivity index (χ0v) is 11.7. The molecule has 20 heavy (non-hydrogen) atoms. The molecular formula is C11H10Cl2N4O3. The molecule has 0 aliphatic carbocycles. The van der Waals surface area contributed by atoms with Gasteiger partial charge in [-0.2, -0.15) is 5.10 Å². The van der Waals surface area contributed by atoms with E-state index < -0.39 is 17.9 Å². The quantitative estimate of drug-likeness (QED) is 0.797. The fraction of sp³-hybridized carbons (Fsp3) is 0.182. The number of aliphatic carboxylic acids is 1. The smallest absolute Gasteiger partial charge is 0.331 e. The van der Waals surface area contributed by atoms with Crippen LogP contribution in [0.1, 0.15) is 22.1 Å². The fourth-order valence-electron chi connectivity index (χ4n) is 1.61. The first kappa shape index (κ1) is 14.4. The molecule has 0 spiro atoms. The Bertz CT molecular complexity index is 645. The molecule has 7 nitrogen and oxygen atoms in total. The van der Waals surface area contributed by atoms with Gasteiger partial charge in [-0.3, -0.25) is 9.48 Å². The van der Waals surface area contributed by atoms with Crippen molar-refractivity contribution in [2.24, 2.45) is 7.05 Å². The Hall–Kier alpha value is -1.99. The van der Waals surface area contributed by atoms with Crippen LogP contribution in [0.25, 0.3) is 0 Å². The van der Waals surface area contributed by atoms with Crippen molar-refractivity contribution in [2.75, 3.05) is 0 Å². The molecule has 0 aromatic carbocycles. The first-order valence-corrected chi connectivity index (χ1v) is 6.20. The predicted octanol–water partition coefficient (Wildman–Crippen LogP) is 1.61. The average molecular weight is 317 g/mol. The predicted molar refractivity (Wildman–Crippen MR) is 71.9 cm³/mol. The number of halogens is 2. The minimum absolute atomic E-state index is 0.0788. The molecule has 0 saturated carbocycles. The van der Waals surface area contributed by atoms with Crippen molar-refractivity contribution < 1.29 is 14.7 Å². The summed E-state index contributed by atoms with van der Waals surface area (Å²) in [6.45, 7) is 0. The van der Waals surface area contributed by atoms with Crippen LogP contribution in [0, 0.1) is 0 Å². The van der Waals surface area contributed by atoms with Crippen LogP contribution in [0.4, 0.5) is 0 Å². The SMILES string of the molecule is Cn1cc(C(NC(=O)c2cc(Cl)c(Cl)[nH]2)C(=O)O)cn1. The Morgan fingerprint density at radius 2 is 2.20 bits per heavy atom. The molecule has 0 aliphatic heterocycles. The number of hydrogen-bond donors (Lipinski definition) is 3. The van der Waals surface area contributed by atoms with Crippen LogP contribution in [0.3, 0.4) is 0 Å². The van der Waals surface area contributed by atoms with E-state index in [0.29, 0.717) is 5.56 Å². The number of amides is 1. The Morgan fingerprint density at radius 1 is 1.50 bits per heavy atom. The molecule has 0 bridgehead atoms. The first-order valence-electron chi connectivity index (χ1n) is 5.44. The summed E-state index contributed by atoms with van der Waals surface area (Å²) in [5.41, 5.74) is 0.437. The molecule has 1 unspecified atom stereocenters. The third kappa shape index (κ3) is 2.94. The van der Waals surface area contributed by atoms with E-state index in [2.05, 4.69) is 15.4 Å². The van der Waals surface area contributed by atoms with Crippen LogP contribution in [0.15, 0.2) is 18.5 Å². The molecule has 9 heteroatoms. The Morgan fingerprint density at radius 3 is 2.65 bits per heavy atom. The maximum atomic E-state index is 12.0. The summed E-state index contributed by atoms with van der Waals surface area (Å²) in [7, 11) is 1.65. The highest BCUT2D eigenvalue weighted by Gasteiger charge is 2.25. The second kappa shape index (κ2) is 5.56. The van der Waals surface area contributed by atoms with Gasteiger partial charge in [0, 0.05) is 18.8 Å². The number of carbonyl (C=O) groups excluding carboxylic acids is 1. The lowest BCUT2D eigenvalue weighted by Crippen LogP contribution is -2.33. The molecule has 0 saturated heterocycles. The summed E-state index contributed by atoms with van der Waals surface area (Å²) in [6.07, 6.45) is 2.88. The molecule has 3 N–H and O–H groups in total. The topological polar surface area (TPSA) is 100 Å². The zero-order chi connectivity index (χ0) is 14.9. The summed E-state index contributed by atoms with van der Waals surface area (Å²) >= 11 is 11.4. The minimum atomic E-state index is -1.21. The molecule has 1 amide bonds. The van der Waals surface area contributed by atoms with E-state index in [1.165, 1.54) is 23.1 Å². The third-order valence-corrected chi connectivity index (χ3v) is 3.24. The van der Waals surface area contributed by atoms with Crippen molar-refractivity contribution in [3.63, 3.8) is 0 Å². The highest BCUT2D eigenvalue weighted by molar-refractivity contribution is 6.41. The molecule has 2 rings (SSSR count). The van der Waals surface area contributed by atoms with Gasteiger partial charge in [-0.1, -0.05) is 23.2 Å². The lowest BCUT2D eigenvalue weighted by molar-refractivity contribution is -0.139. The van der Waals surface area contributed by atoms with Crippen molar-refractivity contribution >= 4 is 35.1 Å². The van der Waals surface area contributed by atoms with Gasteiger partial charge in [-0.15, -0.1) is 0 Å². The number of carboxylic acids is 1. The lowest BCUT2D eigenvalue weighted by Gasteiger charge is -2.11. The van der Waals surface area contributed by atoms with Gasteiger partial charge in [0.05, 0.1) is 11.2 Å². The summed E-state index contributed by atoms with van der Waals surface area (Å²) in [6, 6.07) is 0.110. The summed E-state index contributed by atoms with van der Waals surface area (Å²) in [4.78, 5) is 25.7. The summed E-state index contributed by atoms with van der Waals surface area (Å²) in [5.74, 6) is -1.83. The molecule has 1 atom stereocenters. The maximum Gasteiger partial charge on any atom is 0.331 e. The van der Waals surface area contributed by atoms with Crippen LogP contribution in [-0.4, -0.2) is 31.7 Å². The van der Waals surface area contributed by atoms with E-state index in [4.69, 9.17) is 23.2 Å². The number of aromatic nitrogens is 3. The van der Waals surface area contributed by atoms with Crippen LogP contribution < -0.4 is 5.32 Å². The number of nitrogens with zero attached hydrogens (tertiary/aromatic N) is 2. The summed E-state index contributed by atoms with van der Waals surface area (Å²) < 4.78 is 1.44. The number of carboxylic acid groups (broad SMARTS) is 1. The van der Waals surface area contributed by atoms with E-state index in [-0.39, 0.29) is 15.9 Å². The number of aryl methyl sites for hydroxylation is 1. The first-order chi connectivity index (χ1) is 9.38. The van der Waals surface area contributed by atoms with E-state index in [1.54, 1.807) is 7.05 Å². The van der Waals surface area contributed by atoms with Crippen molar-refractivity contribution in [2.45, 2.75) is 6.04 Å². The number of H-pyrrole nitrogens is 1. The van der Waals surface area contributed by atoms with Gasteiger partial charge in [0.15, 0.2) is 6.04 Å². The van der Waals surface area contributed by atoms with Gasteiger partial charge in [0.25, 0.3) is 5.91 Å². The number of rotatable bonds is 4. The van der Waals surface area contributed by atoms with Crippen molar-refractivity contribution in [3.05, 3.63) is 39.9 Å². The standard InChI is InChI=1S/C11H10Cl2N4O3/c1-17-4-5(3-14-17)8(11(19)20)16-10(18)7-2-6(12)9(13)15-7/h2-4,8,15H,1H3,(H,16,18)(H,19,20). The molecule has 0 radical (unpaired) electrons. The molecule has 2 aromatic rings. The molecule has 106 valence electrons. The molecule has 2 aromatic heterocycles. The third-order valence-electron chi connectivity index (χ3n) is 2.55. The molecule has 0 aliphatic rings. The fourth-order valence-corrected chi connectivity index (χ4v) is 1.92. The second-order valence-corrected chi connectivity index (χ2v) is 4.82. The Kier molecular flexibility index (Phi) is 4.01. The molecule has 0 fully saturated rings. The van der Waals surface area contributed by atoms with Gasteiger partial charge in [-0.05, 0) is 6.07 Å². The Balaban J connectivity index is 2.20. The number of hydrogen-bond acceptors (Lipinski definition) is 3. The lowest BCUT2D eigenvalue weighted by atomic mass is 10.1. The van der Waals surface area contributed by atoms with Crippen LogP contribution in [0.5, 0.6) is 0 Å². The van der Waals surface area contributed by atoms with Crippen molar-refractivity contribution in [3.8, 4) is 0 Å². The van der Waals surface area contributed by atoms with Crippen LogP contribution in [0.2, 0.25) is 10.2 Å². The average Bonchev–Trinajstić information content (AvgIpc) is 2.93. The van der Waals surface area contributed by atoms with Gasteiger partial charge in [0.1, 0.15) is 10.8 Å². The Labute approximate surface area is 123 Å². The molecule has 2 heterocycles. The van der Waals surface area contributed by atoms with E-state index in [9.17, 15) is 14.7 Å². The van der Waals surface area contributed by atoms with Crippen molar-refractivity contribution in [1.29, 1.82) is 0 Å². The molecular weight excluding hydrogens is 307 g/mol. The van der Waals surface area contributed by atoms with Gasteiger partial charge in [0.2, 0.25) is 0 Å². The maximum absolute atomic E-state index is 12.0. The zero-order valence-electron chi connectivity index (χ0n) is 10.2. The van der Waals surface area contributed by atoms with Crippen LogP contribution in [-0.2, 0) is 11.8 Å². The highest BCUT2D eigenvalue weighted by atomic mass is 35.5. The van der Waals surface area contributed by atoms with Crippen LogP contribution >= 0.6 is 23.2 Å². The highest BCUT2D eigenvalue weighted by Crippen LogP contribution is 2.22. The van der Waals surface area contributed by atoms with Crippen molar-refractivity contribution in [1.82, 2.24) is 20.1 Å². The van der Waals surface area contributed by atoms with E-state index in [0.717, 1.165) is 0 Å². The number of nitrogens with one attached hydrogen (secondary N) is 2. The minimum Gasteiger partial charge on any atom is -0.479 e. The number of aromatic amines is 1. The van der Waals surface area contributed by atoms with E-state index >= 15 is 0 Å². The van der Waals surface area contributed by atoms with Gasteiger partial charge >= 0.3 is 5.97 Å². The monoisotopic (exact) mass is 316 g/mol. The second-order valence-electron chi connectivity index (χ2n) is 4.04. The van der Waals surface area contributed by atoms with Gasteiger partial charge < -0.3 is 15.4 Å². The van der Waals surface area contributed by atoms with E-state index in [1.807, 2.05) is 0 Å². The number of carbonyl (C=O) groups is 2. The largest absolute Gasteiger partial charge is 0.479 e. The summed E-state index contributed by atoms with van der Waals surface area (Å²) in [5, 5.41) is 15.7.